The van der Waals surface area contributed by atoms with Crippen molar-refractivity contribution in [2.75, 3.05) is 23.9 Å². The summed E-state index contributed by atoms with van der Waals surface area (Å²) in [5, 5.41) is 3.45. The Bertz CT molecular complexity index is 1280. The molecule has 1 fully saturated rings. The second kappa shape index (κ2) is 12.1. The molecule has 0 atom stereocenters. The highest BCUT2D eigenvalue weighted by Crippen LogP contribution is 2.29. The van der Waals surface area contributed by atoms with Gasteiger partial charge in [0.15, 0.2) is 0 Å². The molecule has 0 unspecified atom stereocenters. The molecule has 0 radical (unpaired) electrons. The fraction of sp³-hybridized carbons (Fsp3) is 0.296. The summed E-state index contributed by atoms with van der Waals surface area (Å²) in [4.78, 5) is 15.6. The van der Waals surface area contributed by atoms with E-state index >= 15 is 0 Å². The van der Waals surface area contributed by atoms with E-state index < -0.39 is 22.5 Å². The average molecular weight is 547 g/mol. The highest BCUT2D eigenvalue weighted by atomic mass is 35.5. The van der Waals surface area contributed by atoms with E-state index in [1.165, 1.54) is 49.6 Å². The van der Waals surface area contributed by atoms with Crippen molar-refractivity contribution in [2.24, 2.45) is 0 Å². The molecule has 1 amide bonds. The molecule has 0 aromatic heterocycles. The molecule has 9 heteroatoms. The summed E-state index contributed by atoms with van der Waals surface area (Å²) < 4.78 is 28.0. The zero-order chi connectivity index (χ0) is 25.5. The van der Waals surface area contributed by atoms with Gasteiger partial charge in [-0.15, -0.1) is 0 Å². The minimum absolute atomic E-state index is 0.0702. The highest BCUT2D eigenvalue weighted by Gasteiger charge is 2.27. The van der Waals surface area contributed by atoms with E-state index in [-0.39, 0.29) is 20.6 Å². The van der Waals surface area contributed by atoms with Crippen LogP contribution in [0, 0.1) is 0 Å². The van der Waals surface area contributed by atoms with Crippen LogP contribution in [0.4, 0.5) is 5.69 Å². The van der Waals surface area contributed by atoms with Gasteiger partial charge in [0.1, 0.15) is 6.54 Å². The van der Waals surface area contributed by atoms with Gasteiger partial charge in [-0.3, -0.25) is 14.0 Å². The van der Waals surface area contributed by atoms with Crippen molar-refractivity contribution in [2.45, 2.75) is 37.2 Å². The summed E-state index contributed by atoms with van der Waals surface area (Å²) in [6.45, 7) is 2.88. The highest BCUT2D eigenvalue weighted by molar-refractivity contribution is 7.92. The van der Waals surface area contributed by atoms with E-state index in [1.54, 1.807) is 18.2 Å². The molecule has 6 nitrogen and oxygen atoms in total. The first-order valence-electron chi connectivity index (χ1n) is 11.9. The number of carbonyl (C=O) groups excluding carboxylic acids is 1. The number of halogens is 2. The van der Waals surface area contributed by atoms with Crippen LogP contribution < -0.4 is 9.62 Å². The van der Waals surface area contributed by atoms with E-state index in [4.69, 9.17) is 23.2 Å². The van der Waals surface area contributed by atoms with E-state index in [9.17, 15) is 13.2 Å². The number of rotatable bonds is 9. The van der Waals surface area contributed by atoms with Gasteiger partial charge in [-0.05, 0) is 67.4 Å². The molecule has 0 aliphatic carbocycles. The summed E-state index contributed by atoms with van der Waals surface area (Å²) >= 11 is 12.3. The zero-order valence-electron chi connectivity index (χ0n) is 19.9. The van der Waals surface area contributed by atoms with Gasteiger partial charge in [0, 0.05) is 23.1 Å². The molecule has 36 heavy (non-hydrogen) atoms. The Balaban J connectivity index is 1.52. The number of hydrogen-bond donors (Lipinski definition) is 1. The van der Waals surface area contributed by atoms with Gasteiger partial charge in [-0.2, -0.15) is 0 Å². The van der Waals surface area contributed by atoms with Gasteiger partial charge in [0.25, 0.3) is 10.0 Å². The smallest absolute Gasteiger partial charge is 0.264 e. The summed E-state index contributed by atoms with van der Waals surface area (Å²) in [7, 11) is -4.04. The van der Waals surface area contributed by atoms with Crippen LogP contribution in [0.1, 0.15) is 30.4 Å². The van der Waals surface area contributed by atoms with Gasteiger partial charge in [0.2, 0.25) is 5.91 Å². The molecular formula is C27H29Cl2N3O3S. The number of carbonyl (C=O) groups is 1. The van der Waals surface area contributed by atoms with Crippen LogP contribution in [0.25, 0.3) is 0 Å². The van der Waals surface area contributed by atoms with Gasteiger partial charge in [-0.25, -0.2) is 8.42 Å². The van der Waals surface area contributed by atoms with Gasteiger partial charge >= 0.3 is 0 Å². The predicted octanol–water partition coefficient (Wildman–Crippen LogP) is 5.49. The lowest BCUT2D eigenvalue weighted by Gasteiger charge is -2.27. The molecular weight excluding hydrogens is 517 g/mol. The van der Waals surface area contributed by atoms with Crippen LogP contribution in [0.3, 0.4) is 0 Å². The third-order valence-corrected chi connectivity index (χ3v) is 8.42. The zero-order valence-corrected chi connectivity index (χ0v) is 22.2. The molecule has 1 aliphatic heterocycles. The average Bonchev–Trinajstić information content (AvgIpc) is 2.87. The van der Waals surface area contributed by atoms with Crippen molar-refractivity contribution in [3.8, 4) is 0 Å². The number of piperidine rings is 1. The number of anilines is 1. The molecule has 0 spiro atoms. The minimum Gasteiger partial charge on any atom is -0.350 e. The molecule has 0 bridgehead atoms. The standard InChI is InChI=1S/C27H29Cl2N3O3S/c28-23-15-24(29)17-25(16-23)32(36(34,35)26-11-3-1-4-12-26)20-27(33)30-18-21-9-5-6-10-22(21)19-31-13-7-2-8-14-31/h1,3-6,9-12,15-17H,2,7-8,13-14,18-20H2,(H,30,33). The molecule has 1 aliphatic rings. The third-order valence-electron chi connectivity index (χ3n) is 6.19. The van der Waals surface area contributed by atoms with Gasteiger partial charge in [-0.1, -0.05) is 72.1 Å². The molecule has 4 rings (SSSR count). The number of nitrogens with zero attached hydrogens (tertiary/aromatic N) is 2. The molecule has 1 heterocycles. The maximum atomic E-state index is 13.5. The maximum Gasteiger partial charge on any atom is 0.264 e. The minimum atomic E-state index is -4.04. The molecule has 1 saturated heterocycles. The van der Waals surface area contributed by atoms with Crippen LogP contribution in [0.2, 0.25) is 10.0 Å². The predicted molar refractivity (Wildman–Crippen MR) is 145 cm³/mol. The van der Waals surface area contributed by atoms with Crippen molar-refractivity contribution in [1.82, 2.24) is 10.2 Å². The van der Waals surface area contributed by atoms with E-state index in [0.29, 0.717) is 6.54 Å². The van der Waals surface area contributed by atoms with Crippen LogP contribution in [-0.4, -0.2) is 38.9 Å². The third kappa shape index (κ3) is 6.79. The number of hydrogen-bond acceptors (Lipinski definition) is 4. The molecule has 190 valence electrons. The maximum absolute atomic E-state index is 13.5. The molecule has 3 aromatic carbocycles. The SMILES string of the molecule is O=C(CN(c1cc(Cl)cc(Cl)c1)S(=O)(=O)c1ccccc1)NCc1ccccc1CN1CCCCC1. The van der Waals surface area contributed by atoms with Crippen molar-refractivity contribution < 1.29 is 13.2 Å². The Morgan fingerprint density at radius 3 is 2.14 bits per heavy atom. The summed E-state index contributed by atoms with van der Waals surface area (Å²) in [5.41, 5.74) is 2.40. The monoisotopic (exact) mass is 545 g/mol. The Morgan fingerprint density at radius 2 is 1.47 bits per heavy atom. The van der Waals surface area contributed by atoms with Gasteiger partial charge in [0.05, 0.1) is 10.6 Å². The Kier molecular flexibility index (Phi) is 8.90. The second-order valence-corrected chi connectivity index (χ2v) is 11.6. The first-order chi connectivity index (χ1) is 17.3. The summed E-state index contributed by atoms with van der Waals surface area (Å²) in [6, 6.07) is 20.5. The quantitative estimate of drug-likeness (QED) is 0.386. The van der Waals surface area contributed by atoms with Crippen molar-refractivity contribution in [1.29, 1.82) is 0 Å². The summed E-state index contributed by atoms with van der Waals surface area (Å²) in [5.74, 6) is -0.432. The lowest BCUT2D eigenvalue weighted by atomic mass is 10.0. The molecule has 0 saturated carbocycles. The second-order valence-electron chi connectivity index (χ2n) is 8.83. The van der Waals surface area contributed by atoms with Crippen molar-refractivity contribution in [3.05, 3.63) is 94.0 Å². The van der Waals surface area contributed by atoms with Crippen LogP contribution in [0.5, 0.6) is 0 Å². The largest absolute Gasteiger partial charge is 0.350 e. The number of amides is 1. The molecule has 3 aromatic rings. The van der Waals surface area contributed by atoms with E-state index in [0.717, 1.165) is 35.1 Å². The van der Waals surface area contributed by atoms with Crippen LogP contribution in [0.15, 0.2) is 77.7 Å². The number of nitrogens with one attached hydrogen (secondary N) is 1. The fourth-order valence-corrected chi connectivity index (χ4v) is 6.28. The van der Waals surface area contributed by atoms with Crippen LogP contribution >= 0.6 is 23.2 Å². The first-order valence-corrected chi connectivity index (χ1v) is 14.1. The normalized spacial score (nSPS) is 14.4. The summed E-state index contributed by atoms with van der Waals surface area (Å²) in [6.07, 6.45) is 3.69. The van der Waals surface area contributed by atoms with E-state index in [1.807, 2.05) is 18.2 Å². The lowest BCUT2D eigenvalue weighted by molar-refractivity contribution is -0.119. The number of likely N-dealkylation sites (tertiary alicyclic amines) is 1. The Hall–Kier alpha value is -2.58. The van der Waals surface area contributed by atoms with Crippen LogP contribution in [-0.2, 0) is 27.9 Å². The Morgan fingerprint density at radius 1 is 0.861 bits per heavy atom. The van der Waals surface area contributed by atoms with E-state index in [2.05, 4.69) is 16.3 Å². The van der Waals surface area contributed by atoms with Crippen molar-refractivity contribution >= 4 is 44.8 Å². The number of benzene rings is 3. The topological polar surface area (TPSA) is 69.7 Å². The van der Waals surface area contributed by atoms with Crippen molar-refractivity contribution in [3.63, 3.8) is 0 Å². The Labute approximate surface area is 222 Å². The van der Waals surface area contributed by atoms with Gasteiger partial charge < -0.3 is 5.32 Å². The lowest BCUT2D eigenvalue weighted by Crippen LogP contribution is -2.40. The molecule has 1 N–H and O–H groups in total. The first kappa shape index (κ1) is 26.5. The fourth-order valence-electron chi connectivity index (χ4n) is 4.34. The number of sulfonamides is 1.